The van der Waals surface area contributed by atoms with Gasteiger partial charge in [0, 0.05) is 23.5 Å². The quantitative estimate of drug-likeness (QED) is 0.370. The van der Waals surface area contributed by atoms with Crippen molar-refractivity contribution in [1.29, 1.82) is 0 Å². The van der Waals surface area contributed by atoms with Gasteiger partial charge >= 0.3 is 0 Å². The van der Waals surface area contributed by atoms with E-state index in [1.165, 1.54) is 28.5 Å². The molecule has 0 radical (unpaired) electrons. The zero-order chi connectivity index (χ0) is 23.5. The lowest BCUT2D eigenvalue weighted by molar-refractivity contribution is -0.113. The van der Waals surface area contributed by atoms with Crippen LogP contribution in [0.25, 0.3) is 5.78 Å². The average molecular weight is 460 g/mol. The van der Waals surface area contributed by atoms with Crippen LogP contribution in [-0.4, -0.2) is 31.2 Å². The summed E-state index contributed by atoms with van der Waals surface area (Å²) in [6, 6.07) is 16.5. The molecule has 0 aliphatic heterocycles. The number of aromatic nitrogens is 4. The Morgan fingerprint density at radius 1 is 1.06 bits per heavy atom. The number of hydrogen-bond acceptors (Lipinski definition) is 5. The largest absolute Gasteiger partial charge is 0.325 e. The Balaban J connectivity index is 1.45. The monoisotopic (exact) mass is 459 g/mol. The number of hydrogen-bond donors (Lipinski definition) is 1. The van der Waals surface area contributed by atoms with E-state index in [-0.39, 0.29) is 11.7 Å². The molecule has 0 aliphatic rings. The third-order valence-corrected chi connectivity index (χ3v) is 6.52. The molecule has 0 atom stereocenters. The molecular formula is C26H29N5OS. The number of benzene rings is 2. The van der Waals surface area contributed by atoms with Crippen molar-refractivity contribution in [3.8, 4) is 0 Å². The molecule has 0 fully saturated rings. The molecule has 4 rings (SSSR count). The number of carbonyl (C=O) groups excluding carboxylic acids is 1. The summed E-state index contributed by atoms with van der Waals surface area (Å²) in [5.74, 6) is 1.17. The molecule has 0 spiro atoms. The summed E-state index contributed by atoms with van der Waals surface area (Å²) in [5, 5.41) is 8.09. The molecule has 6 nitrogen and oxygen atoms in total. The van der Waals surface area contributed by atoms with Gasteiger partial charge in [-0.15, -0.1) is 5.10 Å². The average Bonchev–Trinajstić information content (AvgIpc) is 3.19. The second-order valence-electron chi connectivity index (χ2n) is 8.65. The van der Waals surface area contributed by atoms with Gasteiger partial charge in [0.1, 0.15) is 0 Å². The van der Waals surface area contributed by atoms with Crippen molar-refractivity contribution in [2.45, 2.75) is 52.1 Å². The summed E-state index contributed by atoms with van der Waals surface area (Å²) in [5.41, 5.74) is 7.65. The summed E-state index contributed by atoms with van der Waals surface area (Å²) in [4.78, 5) is 21.6. The van der Waals surface area contributed by atoms with Crippen LogP contribution in [0.4, 0.5) is 5.69 Å². The number of thioether (sulfide) groups is 1. The first-order valence-electron chi connectivity index (χ1n) is 11.1. The molecule has 170 valence electrons. The van der Waals surface area contributed by atoms with E-state index >= 15 is 0 Å². The fourth-order valence-electron chi connectivity index (χ4n) is 3.81. The van der Waals surface area contributed by atoms with Crippen LogP contribution in [0.15, 0.2) is 53.7 Å². The third-order valence-electron chi connectivity index (χ3n) is 5.69. The van der Waals surface area contributed by atoms with Gasteiger partial charge in [-0.05, 0) is 55.5 Å². The number of nitrogens with one attached hydrogen (secondary N) is 1. The zero-order valence-corrected chi connectivity index (χ0v) is 20.5. The minimum absolute atomic E-state index is 0.0860. The maximum Gasteiger partial charge on any atom is 0.253 e. The number of aryl methyl sites for hydroxylation is 3. The van der Waals surface area contributed by atoms with Crippen molar-refractivity contribution in [2.75, 3.05) is 11.1 Å². The minimum atomic E-state index is -0.0860. The summed E-state index contributed by atoms with van der Waals surface area (Å²) in [6.07, 6.45) is 0.794. The molecule has 1 N–H and O–H groups in total. The summed E-state index contributed by atoms with van der Waals surface area (Å²) in [6.45, 7) is 10.5. The SMILES string of the molecule is Cc1cccc(Cc2c(C)nc3nc(SCC(=O)Nc4ccc(C(C)C)cc4)nn3c2C)c1. The van der Waals surface area contributed by atoms with Crippen LogP contribution in [0.1, 0.15) is 53.4 Å². The molecule has 0 saturated heterocycles. The third kappa shape index (κ3) is 5.42. The molecule has 0 unspecified atom stereocenters. The van der Waals surface area contributed by atoms with E-state index < -0.39 is 0 Å². The van der Waals surface area contributed by atoms with Gasteiger partial charge in [-0.3, -0.25) is 4.79 Å². The molecule has 33 heavy (non-hydrogen) atoms. The lowest BCUT2D eigenvalue weighted by Gasteiger charge is -2.10. The van der Waals surface area contributed by atoms with Gasteiger partial charge in [0.05, 0.1) is 5.75 Å². The van der Waals surface area contributed by atoms with Crippen LogP contribution in [0.5, 0.6) is 0 Å². The Morgan fingerprint density at radius 2 is 1.82 bits per heavy atom. The molecule has 0 bridgehead atoms. The van der Waals surface area contributed by atoms with Crippen molar-refractivity contribution in [3.63, 3.8) is 0 Å². The van der Waals surface area contributed by atoms with Crippen LogP contribution in [-0.2, 0) is 11.2 Å². The van der Waals surface area contributed by atoms with Gasteiger partial charge in [0.2, 0.25) is 11.1 Å². The van der Waals surface area contributed by atoms with E-state index in [0.717, 1.165) is 29.1 Å². The maximum atomic E-state index is 12.4. The predicted octanol–water partition coefficient (Wildman–Crippen LogP) is 5.49. The summed E-state index contributed by atoms with van der Waals surface area (Å²) < 4.78 is 1.78. The predicted molar refractivity (Wildman–Crippen MR) is 134 cm³/mol. The van der Waals surface area contributed by atoms with E-state index in [4.69, 9.17) is 0 Å². The fourth-order valence-corrected chi connectivity index (χ4v) is 4.43. The first-order valence-corrected chi connectivity index (χ1v) is 12.1. The van der Waals surface area contributed by atoms with Crippen LogP contribution in [0.2, 0.25) is 0 Å². The van der Waals surface area contributed by atoms with E-state index in [1.54, 1.807) is 4.52 Å². The van der Waals surface area contributed by atoms with Crippen LogP contribution in [0, 0.1) is 20.8 Å². The topological polar surface area (TPSA) is 72.2 Å². The highest BCUT2D eigenvalue weighted by Crippen LogP contribution is 2.22. The maximum absolute atomic E-state index is 12.4. The van der Waals surface area contributed by atoms with Crippen molar-refractivity contribution < 1.29 is 4.79 Å². The zero-order valence-electron chi connectivity index (χ0n) is 19.7. The Labute approximate surface area is 198 Å². The number of anilines is 1. The fraction of sp³-hybridized carbons (Fsp3) is 0.308. The molecule has 1 amide bonds. The number of nitrogens with zero attached hydrogens (tertiary/aromatic N) is 4. The lowest BCUT2D eigenvalue weighted by Crippen LogP contribution is -2.14. The number of rotatable bonds is 7. The Kier molecular flexibility index (Phi) is 6.79. The van der Waals surface area contributed by atoms with Gasteiger partial charge in [-0.25, -0.2) is 9.50 Å². The second-order valence-corrected chi connectivity index (χ2v) is 9.59. The van der Waals surface area contributed by atoms with E-state index in [1.807, 2.05) is 38.1 Å². The highest BCUT2D eigenvalue weighted by atomic mass is 32.2. The first-order chi connectivity index (χ1) is 15.8. The number of amides is 1. The second kappa shape index (κ2) is 9.75. The first kappa shape index (κ1) is 23.0. The molecule has 4 aromatic rings. The molecule has 0 saturated carbocycles. The smallest absolute Gasteiger partial charge is 0.253 e. The lowest BCUT2D eigenvalue weighted by atomic mass is 10.0. The van der Waals surface area contributed by atoms with Crippen LogP contribution >= 0.6 is 11.8 Å². The van der Waals surface area contributed by atoms with Crippen LogP contribution in [0.3, 0.4) is 0 Å². The Hall–Kier alpha value is -3.19. The summed E-state index contributed by atoms with van der Waals surface area (Å²) in [7, 11) is 0. The highest BCUT2D eigenvalue weighted by Gasteiger charge is 2.15. The van der Waals surface area contributed by atoms with Gasteiger partial charge in [0.25, 0.3) is 5.78 Å². The van der Waals surface area contributed by atoms with Gasteiger partial charge in [0.15, 0.2) is 0 Å². The number of carbonyl (C=O) groups is 1. The highest BCUT2D eigenvalue weighted by molar-refractivity contribution is 7.99. The van der Waals surface area contributed by atoms with Crippen molar-refractivity contribution in [3.05, 3.63) is 82.2 Å². The molecule has 2 heterocycles. The van der Waals surface area contributed by atoms with E-state index in [2.05, 4.69) is 65.4 Å². The molecule has 2 aromatic heterocycles. The van der Waals surface area contributed by atoms with E-state index in [9.17, 15) is 4.79 Å². The molecule has 7 heteroatoms. The molecule has 2 aromatic carbocycles. The van der Waals surface area contributed by atoms with E-state index in [0.29, 0.717) is 16.9 Å². The normalized spacial score (nSPS) is 11.3. The molecular weight excluding hydrogens is 430 g/mol. The van der Waals surface area contributed by atoms with Gasteiger partial charge in [-0.2, -0.15) is 4.98 Å². The summed E-state index contributed by atoms with van der Waals surface area (Å²) >= 11 is 1.31. The number of fused-ring (bicyclic) bond motifs is 1. The van der Waals surface area contributed by atoms with Gasteiger partial charge < -0.3 is 5.32 Å². The van der Waals surface area contributed by atoms with Crippen molar-refractivity contribution in [2.24, 2.45) is 0 Å². The van der Waals surface area contributed by atoms with Crippen LogP contribution < -0.4 is 5.32 Å². The van der Waals surface area contributed by atoms with Gasteiger partial charge in [-0.1, -0.05) is 67.6 Å². The van der Waals surface area contributed by atoms with Crippen molar-refractivity contribution >= 4 is 29.1 Å². The standard InChI is InChI=1S/C26H29N5OS/c1-16(2)21-9-11-22(12-10-21)28-24(32)15-33-26-29-25-27-18(4)23(19(5)31(25)30-26)14-20-8-6-7-17(3)13-20/h6-13,16H,14-15H2,1-5H3,(H,28,32). The Morgan fingerprint density at radius 3 is 2.52 bits per heavy atom. The Bertz CT molecular complexity index is 1290. The van der Waals surface area contributed by atoms with Crippen molar-refractivity contribution in [1.82, 2.24) is 19.6 Å². The molecule has 0 aliphatic carbocycles. The minimum Gasteiger partial charge on any atom is -0.325 e.